The number of amides is 3. The number of urea groups is 1. The van der Waals surface area contributed by atoms with Crippen LogP contribution in [0.15, 0.2) is 60.7 Å². The molecule has 1 heterocycles. The molecule has 1 saturated heterocycles. The second-order valence-corrected chi connectivity index (χ2v) is 9.62. The molecular weight excluding hydrogens is 541 g/mol. The molecule has 0 atom stereocenters. The highest BCUT2D eigenvalue weighted by Gasteiger charge is 2.52. The van der Waals surface area contributed by atoms with Crippen molar-refractivity contribution in [3.05, 3.63) is 82.9 Å². The number of hydrogen-bond donors (Lipinski definition) is 1. The zero-order valence-corrected chi connectivity index (χ0v) is 22.5. The van der Waals surface area contributed by atoms with Crippen LogP contribution >= 0.6 is 0 Å². The average Bonchev–Trinajstić information content (AvgIpc) is 3.11. The molecule has 212 valence electrons. The number of methoxy groups -OCH3 is 2. The normalized spacial score (nSPS) is 14.6. The summed E-state index contributed by atoms with van der Waals surface area (Å²) < 4.78 is 50.8. The Hall–Kier alpha value is -5.05. The van der Waals surface area contributed by atoms with E-state index < -0.39 is 40.7 Å². The third kappa shape index (κ3) is 5.51. The largest absolute Gasteiger partial charge is 0.497 e. The maximum Gasteiger partial charge on any atom is 0.417 e. The Kier molecular flexibility index (Phi) is 7.66. The van der Waals surface area contributed by atoms with Crippen LogP contribution in [0.3, 0.4) is 0 Å². The number of carbonyl (C=O) groups excluding carboxylic acids is 3. The molecule has 0 aromatic heterocycles. The number of nitriles is 1. The Morgan fingerprint density at radius 3 is 2.29 bits per heavy atom. The summed E-state index contributed by atoms with van der Waals surface area (Å²) in [6.45, 7) is 2.93. The molecule has 1 N–H and O–H groups in total. The molecule has 0 unspecified atom stereocenters. The van der Waals surface area contributed by atoms with Gasteiger partial charge in [-0.3, -0.25) is 4.79 Å². The van der Waals surface area contributed by atoms with Crippen LogP contribution in [0.25, 0.3) is 0 Å². The monoisotopic (exact) mass is 566 g/mol. The summed E-state index contributed by atoms with van der Waals surface area (Å²) in [5.74, 6) is -0.710. The van der Waals surface area contributed by atoms with Crippen LogP contribution in [-0.2, 0) is 22.3 Å². The van der Waals surface area contributed by atoms with Gasteiger partial charge in [0, 0.05) is 17.4 Å². The number of esters is 1. The summed E-state index contributed by atoms with van der Waals surface area (Å²) in [5, 5.41) is 12.3. The van der Waals surface area contributed by atoms with Crippen molar-refractivity contribution in [2.75, 3.05) is 24.4 Å². The second kappa shape index (κ2) is 10.8. The van der Waals surface area contributed by atoms with Crippen LogP contribution in [0.4, 0.5) is 35.0 Å². The molecule has 1 aliphatic rings. The summed E-state index contributed by atoms with van der Waals surface area (Å²) in [6, 6.07) is 14.9. The van der Waals surface area contributed by atoms with Crippen molar-refractivity contribution < 1.29 is 37.0 Å². The molecule has 0 saturated carbocycles. The lowest BCUT2D eigenvalue weighted by molar-refractivity contribution is -0.137. The molecule has 4 rings (SSSR count). The van der Waals surface area contributed by atoms with Crippen molar-refractivity contribution >= 4 is 35.0 Å². The molecule has 0 radical (unpaired) electrons. The zero-order chi connectivity index (χ0) is 30.1. The van der Waals surface area contributed by atoms with Crippen LogP contribution in [0.2, 0.25) is 0 Å². The molecule has 0 bridgehead atoms. The number of nitrogens with zero attached hydrogens (tertiary/aromatic N) is 3. The predicted molar refractivity (Wildman–Crippen MR) is 143 cm³/mol. The van der Waals surface area contributed by atoms with Crippen molar-refractivity contribution in [2.24, 2.45) is 0 Å². The summed E-state index contributed by atoms with van der Waals surface area (Å²) in [5.41, 5.74) is -1.50. The van der Waals surface area contributed by atoms with Crippen LogP contribution in [0, 0.1) is 11.3 Å². The number of ether oxygens (including phenoxy) is 2. The van der Waals surface area contributed by atoms with Crippen LogP contribution in [0.5, 0.6) is 5.75 Å². The van der Waals surface area contributed by atoms with Crippen molar-refractivity contribution in [2.45, 2.75) is 32.1 Å². The number of imide groups is 1. The van der Waals surface area contributed by atoms with Gasteiger partial charge in [0.25, 0.3) is 5.91 Å². The van der Waals surface area contributed by atoms with Crippen LogP contribution in [0.1, 0.15) is 40.9 Å². The van der Waals surface area contributed by atoms with E-state index in [1.807, 2.05) is 0 Å². The van der Waals surface area contributed by atoms with E-state index in [0.717, 1.165) is 12.1 Å². The van der Waals surface area contributed by atoms with Gasteiger partial charge in [-0.2, -0.15) is 18.4 Å². The number of nitrogens with one attached hydrogen (secondary N) is 1. The van der Waals surface area contributed by atoms with E-state index in [4.69, 9.17) is 14.7 Å². The maximum atomic E-state index is 13.6. The summed E-state index contributed by atoms with van der Waals surface area (Å²) in [4.78, 5) is 40.7. The third-order valence-electron chi connectivity index (χ3n) is 6.74. The topological polar surface area (TPSA) is 112 Å². The molecule has 3 aromatic rings. The molecule has 12 heteroatoms. The first-order valence-electron chi connectivity index (χ1n) is 12.2. The first-order chi connectivity index (χ1) is 19.3. The highest BCUT2D eigenvalue weighted by atomic mass is 19.4. The molecule has 0 spiro atoms. The van der Waals surface area contributed by atoms with Crippen molar-refractivity contribution in [1.82, 2.24) is 4.90 Å². The van der Waals surface area contributed by atoms with E-state index in [1.165, 1.54) is 39.0 Å². The van der Waals surface area contributed by atoms with Crippen LogP contribution < -0.4 is 15.0 Å². The standard InChI is InChI=1S/C29H25F3N4O5/c1-28(2)26(38)36(21-11-7-18(15-33)23(13-21)29(30,31)32)27(39)35(28)16-19-8-12-22(40-3)14-24(19)34-20-9-5-17(6-10-20)25(37)41-4/h5-14,34H,16H2,1-4H3. The third-order valence-corrected chi connectivity index (χ3v) is 6.74. The smallest absolute Gasteiger partial charge is 0.417 e. The van der Waals surface area contributed by atoms with Gasteiger partial charge in [-0.05, 0) is 67.9 Å². The fourth-order valence-electron chi connectivity index (χ4n) is 4.40. The summed E-state index contributed by atoms with van der Waals surface area (Å²) in [7, 11) is 2.76. The number of anilines is 3. The molecule has 1 aliphatic heterocycles. The Morgan fingerprint density at radius 1 is 1.02 bits per heavy atom. The molecule has 3 aromatic carbocycles. The van der Waals surface area contributed by atoms with E-state index in [-0.39, 0.29) is 12.2 Å². The first-order valence-corrected chi connectivity index (χ1v) is 12.2. The average molecular weight is 567 g/mol. The van der Waals surface area contributed by atoms with Crippen molar-refractivity contribution in [3.8, 4) is 11.8 Å². The SMILES string of the molecule is COC(=O)c1ccc(Nc2cc(OC)ccc2CN2C(=O)N(c3ccc(C#N)c(C(F)(F)F)c3)C(=O)C2(C)C)cc1. The Morgan fingerprint density at radius 2 is 1.71 bits per heavy atom. The molecule has 0 aliphatic carbocycles. The van der Waals surface area contributed by atoms with E-state index >= 15 is 0 Å². The minimum atomic E-state index is -4.86. The van der Waals surface area contributed by atoms with Crippen molar-refractivity contribution in [1.29, 1.82) is 5.26 Å². The zero-order valence-electron chi connectivity index (χ0n) is 22.5. The van der Waals surface area contributed by atoms with Gasteiger partial charge in [0.15, 0.2) is 0 Å². The van der Waals surface area contributed by atoms with Gasteiger partial charge >= 0.3 is 18.2 Å². The number of carbonyl (C=O) groups is 3. The predicted octanol–water partition coefficient (Wildman–Crippen LogP) is 5.86. The second-order valence-electron chi connectivity index (χ2n) is 9.62. The van der Waals surface area contributed by atoms with Crippen molar-refractivity contribution in [3.63, 3.8) is 0 Å². The lowest BCUT2D eigenvalue weighted by Gasteiger charge is -2.28. The Balaban J connectivity index is 1.68. The highest BCUT2D eigenvalue weighted by molar-refractivity contribution is 6.23. The number of hydrogen-bond acceptors (Lipinski definition) is 7. The van der Waals surface area contributed by atoms with Gasteiger partial charge in [0.2, 0.25) is 0 Å². The Labute approximate surface area is 233 Å². The van der Waals surface area contributed by atoms with E-state index in [0.29, 0.717) is 39.2 Å². The lowest BCUT2D eigenvalue weighted by atomic mass is 10.0. The first kappa shape index (κ1) is 28.9. The van der Waals surface area contributed by atoms with E-state index in [2.05, 4.69) is 5.32 Å². The van der Waals surface area contributed by atoms with Gasteiger partial charge in [-0.15, -0.1) is 0 Å². The molecular formula is C29H25F3N4O5. The maximum absolute atomic E-state index is 13.6. The van der Waals surface area contributed by atoms with Gasteiger partial charge in [-0.25, -0.2) is 14.5 Å². The number of rotatable bonds is 7. The fraction of sp³-hybridized carbons (Fsp3) is 0.241. The van der Waals surface area contributed by atoms with E-state index in [1.54, 1.807) is 42.5 Å². The van der Waals surface area contributed by atoms with Gasteiger partial charge in [0.1, 0.15) is 11.3 Å². The number of alkyl halides is 3. The number of benzene rings is 3. The fourth-order valence-corrected chi connectivity index (χ4v) is 4.40. The Bertz CT molecular complexity index is 1560. The number of halogens is 3. The summed E-state index contributed by atoms with van der Waals surface area (Å²) in [6.07, 6.45) is -4.86. The summed E-state index contributed by atoms with van der Waals surface area (Å²) >= 11 is 0. The van der Waals surface area contributed by atoms with Gasteiger partial charge in [0.05, 0.1) is 49.2 Å². The quantitative estimate of drug-likeness (QED) is 0.282. The van der Waals surface area contributed by atoms with Crippen LogP contribution in [-0.4, -0.2) is 42.6 Å². The van der Waals surface area contributed by atoms with Gasteiger partial charge in [-0.1, -0.05) is 6.07 Å². The molecule has 9 nitrogen and oxygen atoms in total. The van der Waals surface area contributed by atoms with E-state index in [9.17, 15) is 27.6 Å². The highest BCUT2D eigenvalue weighted by Crippen LogP contribution is 2.39. The lowest BCUT2D eigenvalue weighted by Crippen LogP contribution is -2.43. The van der Waals surface area contributed by atoms with Gasteiger partial charge < -0.3 is 19.7 Å². The minimum absolute atomic E-state index is 0.0803. The minimum Gasteiger partial charge on any atom is -0.497 e. The molecule has 41 heavy (non-hydrogen) atoms. The molecule has 1 fully saturated rings. The molecule has 3 amide bonds.